The van der Waals surface area contributed by atoms with E-state index < -0.39 is 5.97 Å². The highest BCUT2D eigenvalue weighted by molar-refractivity contribution is 5.84. The molecule has 8 nitrogen and oxygen atoms in total. The van der Waals surface area contributed by atoms with E-state index in [1.807, 2.05) is 13.0 Å². The van der Waals surface area contributed by atoms with Crippen LogP contribution in [0.5, 0.6) is 0 Å². The van der Waals surface area contributed by atoms with Crippen molar-refractivity contribution in [2.45, 2.75) is 13.5 Å². The van der Waals surface area contributed by atoms with Crippen molar-refractivity contribution < 1.29 is 9.53 Å². The van der Waals surface area contributed by atoms with Gasteiger partial charge in [0.25, 0.3) is 11.4 Å². The third kappa shape index (κ3) is 2.46. The molecule has 0 N–H and O–H groups in total. The molecule has 8 heteroatoms. The van der Waals surface area contributed by atoms with Crippen molar-refractivity contribution in [3.63, 3.8) is 0 Å². The zero-order chi connectivity index (χ0) is 15.7. The van der Waals surface area contributed by atoms with E-state index in [0.717, 1.165) is 5.56 Å². The number of ether oxygens (including phenoxy) is 1. The molecule has 3 aromatic rings. The van der Waals surface area contributed by atoms with E-state index in [1.165, 1.54) is 28.6 Å². The molecule has 0 spiro atoms. The first-order valence-corrected chi connectivity index (χ1v) is 6.54. The Morgan fingerprint density at radius 1 is 1.41 bits per heavy atom. The van der Waals surface area contributed by atoms with E-state index in [-0.39, 0.29) is 17.9 Å². The predicted octanol–water partition coefficient (Wildman–Crippen LogP) is 0.429. The van der Waals surface area contributed by atoms with Crippen LogP contribution in [0.4, 0.5) is 0 Å². The van der Waals surface area contributed by atoms with Crippen LogP contribution in [0, 0.1) is 6.92 Å². The number of aromatic nitrogens is 5. The van der Waals surface area contributed by atoms with Gasteiger partial charge in [-0.15, -0.1) is 5.10 Å². The van der Waals surface area contributed by atoms with E-state index in [4.69, 9.17) is 0 Å². The van der Waals surface area contributed by atoms with Crippen molar-refractivity contribution in [1.29, 1.82) is 0 Å². The smallest absolute Gasteiger partial charge is 0.377 e. The van der Waals surface area contributed by atoms with Gasteiger partial charge in [0.05, 0.1) is 19.3 Å². The second-order valence-electron chi connectivity index (χ2n) is 4.73. The molecular formula is C14H13N5O3. The highest BCUT2D eigenvalue weighted by atomic mass is 16.5. The lowest BCUT2D eigenvalue weighted by Gasteiger charge is -2.06. The Morgan fingerprint density at radius 3 is 3.00 bits per heavy atom. The minimum Gasteiger partial charge on any atom is -0.463 e. The van der Waals surface area contributed by atoms with E-state index in [0.29, 0.717) is 11.3 Å². The van der Waals surface area contributed by atoms with Gasteiger partial charge in [0.15, 0.2) is 0 Å². The lowest BCUT2D eigenvalue weighted by atomic mass is 10.3. The number of rotatable bonds is 3. The van der Waals surface area contributed by atoms with Gasteiger partial charge in [0.1, 0.15) is 12.0 Å². The maximum absolute atomic E-state index is 12.1. The van der Waals surface area contributed by atoms with Gasteiger partial charge in [0, 0.05) is 12.3 Å². The quantitative estimate of drug-likeness (QED) is 0.651. The van der Waals surface area contributed by atoms with Crippen LogP contribution in [0.25, 0.3) is 5.65 Å². The Morgan fingerprint density at radius 2 is 2.23 bits per heavy atom. The standard InChI is InChI=1S/C14H13N5O3/c1-9-4-3-5-19-11(20)6-10(16-13(9)19)7-18-8-15-12(17-18)14(21)22-2/h3-6,8H,7H2,1-2H3. The Labute approximate surface area is 125 Å². The van der Waals surface area contributed by atoms with Crippen molar-refractivity contribution >= 4 is 11.6 Å². The van der Waals surface area contributed by atoms with Crippen LogP contribution in [0.1, 0.15) is 21.9 Å². The molecule has 0 amide bonds. The summed E-state index contributed by atoms with van der Waals surface area (Å²) in [5.41, 5.74) is 1.87. The highest BCUT2D eigenvalue weighted by Crippen LogP contribution is 2.06. The molecule has 3 aromatic heterocycles. The van der Waals surface area contributed by atoms with Gasteiger partial charge in [-0.05, 0) is 18.6 Å². The molecule has 0 bridgehead atoms. The molecule has 22 heavy (non-hydrogen) atoms. The number of fused-ring (bicyclic) bond motifs is 1. The first kappa shape index (κ1) is 13.9. The summed E-state index contributed by atoms with van der Waals surface area (Å²) in [4.78, 5) is 31.7. The van der Waals surface area contributed by atoms with Crippen LogP contribution >= 0.6 is 0 Å². The number of pyridine rings is 1. The predicted molar refractivity (Wildman–Crippen MR) is 76.7 cm³/mol. The first-order chi connectivity index (χ1) is 10.6. The Hall–Kier alpha value is -3.03. The second-order valence-corrected chi connectivity index (χ2v) is 4.73. The lowest BCUT2D eigenvalue weighted by Crippen LogP contribution is -2.17. The average Bonchev–Trinajstić information content (AvgIpc) is 2.96. The van der Waals surface area contributed by atoms with Gasteiger partial charge in [-0.25, -0.2) is 19.4 Å². The number of carbonyl (C=O) groups is 1. The van der Waals surface area contributed by atoms with Gasteiger partial charge in [-0.2, -0.15) is 0 Å². The van der Waals surface area contributed by atoms with E-state index in [2.05, 4.69) is 19.8 Å². The van der Waals surface area contributed by atoms with Gasteiger partial charge in [0.2, 0.25) is 0 Å². The SMILES string of the molecule is COC(=O)c1ncn(Cc2cc(=O)n3cccc(C)c3n2)n1. The van der Waals surface area contributed by atoms with Crippen molar-refractivity contribution in [3.8, 4) is 0 Å². The molecule has 0 aromatic carbocycles. The number of carbonyl (C=O) groups excluding carboxylic acids is 1. The number of hydrogen-bond donors (Lipinski definition) is 0. The van der Waals surface area contributed by atoms with Crippen molar-refractivity contribution in [2.75, 3.05) is 7.11 Å². The minimum atomic E-state index is -0.610. The molecule has 112 valence electrons. The fourth-order valence-corrected chi connectivity index (χ4v) is 2.11. The van der Waals surface area contributed by atoms with Gasteiger partial charge in [-0.3, -0.25) is 9.20 Å². The van der Waals surface area contributed by atoms with Crippen LogP contribution in [0.3, 0.4) is 0 Å². The number of hydrogen-bond acceptors (Lipinski definition) is 6. The molecule has 0 fully saturated rings. The third-order valence-electron chi connectivity index (χ3n) is 3.17. The summed E-state index contributed by atoms with van der Waals surface area (Å²) >= 11 is 0. The van der Waals surface area contributed by atoms with Crippen LogP contribution in [-0.2, 0) is 11.3 Å². The zero-order valence-electron chi connectivity index (χ0n) is 12.1. The fraction of sp³-hybridized carbons (Fsp3) is 0.214. The van der Waals surface area contributed by atoms with E-state index >= 15 is 0 Å². The summed E-state index contributed by atoms with van der Waals surface area (Å²) in [7, 11) is 1.26. The van der Waals surface area contributed by atoms with E-state index in [9.17, 15) is 9.59 Å². The molecule has 0 aliphatic carbocycles. The molecule has 0 saturated heterocycles. The molecule has 0 unspecified atom stereocenters. The summed E-state index contributed by atoms with van der Waals surface area (Å²) in [5.74, 6) is -0.641. The van der Waals surface area contributed by atoms with Crippen molar-refractivity contribution in [2.24, 2.45) is 0 Å². The summed E-state index contributed by atoms with van der Waals surface area (Å²) in [6, 6.07) is 5.12. The van der Waals surface area contributed by atoms with Crippen LogP contribution in [-0.4, -0.2) is 37.2 Å². The van der Waals surface area contributed by atoms with Crippen LogP contribution < -0.4 is 5.56 Å². The summed E-state index contributed by atoms with van der Waals surface area (Å²) in [6.07, 6.45) is 3.07. The molecular weight excluding hydrogens is 286 g/mol. The Bertz CT molecular complexity index is 912. The monoisotopic (exact) mass is 299 g/mol. The summed E-state index contributed by atoms with van der Waals surface area (Å²) < 4.78 is 7.47. The maximum atomic E-state index is 12.1. The minimum absolute atomic E-state index is 0.0313. The normalized spacial score (nSPS) is 10.8. The van der Waals surface area contributed by atoms with Gasteiger partial charge < -0.3 is 4.74 Å². The molecule has 0 atom stereocenters. The second kappa shape index (κ2) is 5.40. The van der Waals surface area contributed by atoms with Crippen LogP contribution in [0.15, 0.2) is 35.5 Å². The van der Waals surface area contributed by atoms with Crippen molar-refractivity contribution in [1.82, 2.24) is 24.1 Å². The zero-order valence-corrected chi connectivity index (χ0v) is 12.1. The third-order valence-corrected chi connectivity index (χ3v) is 3.17. The molecule has 0 aliphatic rings. The molecule has 3 rings (SSSR count). The number of aryl methyl sites for hydroxylation is 1. The lowest BCUT2D eigenvalue weighted by molar-refractivity contribution is 0.0586. The largest absolute Gasteiger partial charge is 0.463 e. The number of nitrogens with zero attached hydrogens (tertiary/aromatic N) is 5. The van der Waals surface area contributed by atoms with Crippen LogP contribution in [0.2, 0.25) is 0 Å². The highest BCUT2D eigenvalue weighted by Gasteiger charge is 2.12. The fourth-order valence-electron chi connectivity index (χ4n) is 2.11. The van der Waals surface area contributed by atoms with E-state index in [1.54, 1.807) is 12.3 Å². The first-order valence-electron chi connectivity index (χ1n) is 6.54. The number of methoxy groups -OCH3 is 1. The Balaban J connectivity index is 1.97. The number of esters is 1. The average molecular weight is 299 g/mol. The summed E-state index contributed by atoms with van der Waals surface area (Å²) in [5, 5.41) is 3.99. The molecule has 0 radical (unpaired) electrons. The van der Waals surface area contributed by atoms with Gasteiger partial charge >= 0.3 is 5.97 Å². The molecule has 3 heterocycles. The Kier molecular flexibility index (Phi) is 3.42. The summed E-state index contributed by atoms with van der Waals surface area (Å²) in [6.45, 7) is 2.13. The molecule has 0 aliphatic heterocycles. The maximum Gasteiger partial charge on any atom is 0.377 e. The van der Waals surface area contributed by atoms with Gasteiger partial charge in [-0.1, -0.05) is 6.07 Å². The topological polar surface area (TPSA) is 91.4 Å². The molecule has 0 saturated carbocycles. The van der Waals surface area contributed by atoms with Crippen molar-refractivity contribution in [3.05, 3.63) is 58.2 Å².